The largest absolute Gasteiger partial charge is 0.269 e. The van der Waals surface area contributed by atoms with Gasteiger partial charge in [0.05, 0.1) is 9.82 Å². The van der Waals surface area contributed by atoms with Crippen molar-refractivity contribution in [1.29, 1.82) is 0 Å². The van der Waals surface area contributed by atoms with Gasteiger partial charge in [0.1, 0.15) is 0 Å². The predicted molar refractivity (Wildman–Crippen MR) is 78.3 cm³/mol. The van der Waals surface area contributed by atoms with E-state index >= 15 is 0 Å². The topological polar surface area (TPSA) is 72.6 Å². The molecule has 2 rings (SSSR count). The second kappa shape index (κ2) is 6.21. The van der Waals surface area contributed by atoms with Crippen LogP contribution in [0.4, 0.5) is 5.69 Å². The molecule has 0 radical (unpaired) electrons. The van der Waals surface area contributed by atoms with Gasteiger partial charge in [-0.3, -0.25) is 10.1 Å². The van der Waals surface area contributed by atoms with Crippen LogP contribution in [0.3, 0.4) is 0 Å². The van der Waals surface area contributed by atoms with Gasteiger partial charge >= 0.3 is 0 Å². The van der Waals surface area contributed by atoms with Gasteiger partial charge in [-0.15, -0.1) is 0 Å². The summed E-state index contributed by atoms with van der Waals surface area (Å²) in [5.74, 6) is 0. The van der Waals surface area contributed by atoms with Crippen LogP contribution in [0.15, 0.2) is 57.8 Å². The van der Waals surface area contributed by atoms with Crippen LogP contribution in [-0.2, 0) is 11.0 Å². The van der Waals surface area contributed by atoms with E-state index in [0.717, 1.165) is 5.56 Å². The van der Waals surface area contributed by atoms with Crippen LogP contribution in [0.5, 0.6) is 0 Å². The Morgan fingerprint density at radius 2 is 1.70 bits per heavy atom. The van der Waals surface area contributed by atoms with Crippen molar-refractivity contribution in [3.8, 4) is 0 Å². The van der Waals surface area contributed by atoms with Crippen molar-refractivity contribution in [2.24, 2.45) is 4.40 Å². The fourth-order valence-corrected chi connectivity index (χ4v) is 2.21. The molecule has 0 saturated heterocycles. The number of nitro benzene ring substituents is 1. The molecule has 1 unspecified atom stereocenters. The van der Waals surface area contributed by atoms with E-state index in [4.69, 9.17) is 0 Å². The fraction of sp³-hybridized carbons (Fsp3) is 0.0714. The van der Waals surface area contributed by atoms with Crippen LogP contribution in [0, 0.1) is 17.0 Å². The van der Waals surface area contributed by atoms with Gasteiger partial charge in [0.2, 0.25) is 0 Å². The summed E-state index contributed by atoms with van der Waals surface area (Å²) in [5, 5.41) is 10.5. The van der Waals surface area contributed by atoms with Gasteiger partial charge in [0, 0.05) is 18.3 Å². The second-order valence-corrected chi connectivity index (χ2v) is 5.33. The molecule has 1 atom stereocenters. The Balaban J connectivity index is 2.10. The number of aryl methyl sites for hydroxylation is 1. The normalized spacial score (nSPS) is 12.4. The Labute approximate surface area is 118 Å². The van der Waals surface area contributed by atoms with Gasteiger partial charge in [-0.05, 0) is 36.8 Å². The SMILES string of the molecule is Cc1ccc(S(=O)/N=C/c2ccc([N+](=O)[O-])cc2)cc1. The standard InChI is InChI=1S/C14H12N2O3S/c1-11-2-8-14(9-3-11)20(19)15-10-12-4-6-13(7-5-12)16(17)18/h2-10H,1H3/b15-10+. The summed E-state index contributed by atoms with van der Waals surface area (Å²) in [7, 11) is -1.47. The van der Waals surface area contributed by atoms with Crippen LogP contribution in [0.2, 0.25) is 0 Å². The molecule has 0 aliphatic carbocycles. The quantitative estimate of drug-likeness (QED) is 0.493. The van der Waals surface area contributed by atoms with E-state index in [2.05, 4.69) is 4.40 Å². The lowest BCUT2D eigenvalue weighted by atomic mass is 10.2. The first-order valence-electron chi connectivity index (χ1n) is 5.83. The molecule has 2 aromatic rings. The fourth-order valence-electron chi connectivity index (χ4n) is 1.51. The van der Waals surface area contributed by atoms with Crippen LogP contribution in [-0.4, -0.2) is 15.3 Å². The highest BCUT2D eigenvalue weighted by molar-refractivity contribution is 7.83. The zero-order valence-electron chi connectivity index (χ0n) is 10.7. The number of hydrogen-bond donors (Lipinski definition) is 0. The third kappa shape index (κ3) is 3.58. The van der Waals surface area contributed by atoms with Gasteiger partial charge < -0.3 is 0 Å². The van der Waals surface area contributed by atoms with E-state index in [1.807, 2.05) is 19.1 Å². The molecule has 0 heterocycles. The van der Waals surface area contributed by atoms with E-state index < -0.39 is 15.9 Å². The Morgan fingerprint density at radius 3 is 2.25 bits per heavy atom. The highest BCUT2D eigenvalue weighted by Crippen LogP contribution is 2.12. The Hall–Kier alpha value is -2.34. The number of rotatable bonds is 4. The minimum atomic E-state index is -1.47. The van der Waals surface area contributed by atoms with Crippen molar-refractivity contribution in [2.45, 2.75) is 11.8 Å². The molecule has 0 fully saturated rings. The van der Waals surface area contributed by atoms with Gasteiger partial charge in [0.25, 0.3) is 5.69 Å². The molecule has 0 aliphatic heterocycles. The minimum absolute atomic E-state index is 0.0156. The lowest BCUT2D eigenvalue weighted by molar-refractivity contribution is -0.384. The Bertz CT molecular complexity index is 664. The first kappa shape index (κ1) is 14.1. The summed E-state index contributed by atoms with van der Waals surface area (Å²) in [4.78, 5) is 10.7. The van der Waals surface area contributed by atoms with Crippen molar-refractivity contribution in [3.05, 3.63) is 69.8 Å². The monoisotopic (exact) mass is 288 g/mol. The highest BCUT2D eigenvalue weighted by atomic mass is 32.2. The molecule has 6 heteroatoms. The van der Waals surface area contributed by atoms with E-state index in [-0.39, 0.29) is 5.69 Å². The van der Waals surface area contributed by atoms with Crippen LogP contribution in [0.25, 0.3) is 0 Å². The predicted octanol–water partition coefficient (Wildman–Crippen LogP) is 3.04. The molecule has 0 aliphatic rings. The van der Waals surface area contributed by atoms with Gasteiger partial charge in [-0.1, -0.05) is 17.7 Å². The Morgan fingerprint density at radius 1 is 1.10 bits per heavy atom. The van der Waals surface area contributed by atoms with E-state index in [1.165, 1.54) is 18.3 Å². The summed E-state index contributed by atoms with van der Waals surface area (Å²) in [5.41, 5.74) is 1.77. The Kier molecular flexibility index (Phi) is 4.37. The van der Waals surface area contributed by atoms with Gasteiger partial charge in [-0.25, -0.2) is 4.21 Å². The first-order valence-corrected chi connectivity index (χ1v) is 6.94. The molecule has 102 valence electrons. The number of hydrogen-bond acceptors (Lipinski definition) is 3. The maximum atomic E-state index is 11.9. The number of benzene rings is 2. The molecule has 0 spiro atoms. The summed E-state index contributed by atoms with van der Waals surface area (Å²) in [6.07, 6.45) is 1.44. The summed E-state index contributed by atoms with van der Waals surface area (Å²) in [6.45, 7) is 1.95. The third-order valence-corrected chi connectivity index (χ3v) is 3.60. The molecule has 0 bridgehead atoms. The summed E-state index contributed by atoms with van der Waals surface area (Å²) >= 11 is 0. The van der Waals surface area contributed by atoms with E-state index in [1.54, 1.807) is 24.3 Å². The highest BCUT2D eigenvalue weighted by Gasteiger charge is 2.03. The average Bonchev–Trinajstić information content (AvgIpc) is 2.46. The molecule has 2 aromatic carbocycles. The van der Waals surface area contributed by atoms with Gasteiger partial charge in [-0.2, -0.15) is 4.40 Å². The van der Waals surface area contributed by atoms with Crippen LogP contribution >= 0.6 is 0 Å². The molecule has 5 nitrogen and oxygen atoms in total. The van der Waals surface area contributed by atoms with Crippen molar-refractivity contribution in [1.82, 2.24) is 0 Å². The molecular formula is C14H12N2O3S. The van der Waals surface area contributed by atoms with E-state index in [9.17, 15) is 14.3 Å². The van der Waals surface area contributed by atoms with Crippen molar-refractivity contribution in [3.63, 3.8) is 0 Å². The molecular weight excluding hydrogens is 276 g/mol. The van der Waals surface area contributed by atoms with Crippen LogP contribution < -0.4 is 0 Å². The minimum Gasteiger partial charge on any atom is -0.258 e. The number of nitro groups is 1. The lowest BCUT2D eigenvalue weighted by Crippen LogP contribution is -1.91. The number of non-ortho nitro benzene ring substituents is 1. The summed E-state index contributed by atoms with van der Waals surface area (Å²) in [6, 6.07) is 13.2. The lowest BCUT2D eigenvalue weighted by Gasteiger charge is -1.97. The average molecular weight is 288 g/mol. The van der Waals surface area contributed by atoms with Crippen molar-refractivity contribution < 1.29 is 9.13 Å². The second-order valence-electron chi connectivity index (χ2n) is 4.15. The van der Waals surface area contributed by atoms with Gasteiger partial charge in [0.15, 0.2) is 11.0 Å². The van der Waals surface area contributed by atoms with Crippen molar-refractivity contribution in [2.75, 3.05) is 0 Å². The van der Waals surface area contributed by atoms with E-state index in [0.29, 0.717) is 10.5 Å². The number of nitrogens with zero attached hydrogens (tertiary/aromatic N) is 2. The maximum absolute atomic E-state index is 11.9. The zero-order chi connectivity index (χ0) is 14.5. The smallest absolute Gasteiger partial charge is 0.258 e. The first-order chi connectivity index (χ1) is 9.56. The third-order valence-electron chi connectivity index (χ3n) is 2.62. The molecule has 0 N–H and O–H groups in total. The zero-order valence-corrected chi connectivity index (χ0v) is 11.5. The summed E-state index contributed by atoms with van der Waals surface area (Å²) < 4.78 is 15.9. The van der Waals surface area contributed by atoms with Crippen molar-refractivity contribution >= 4 is 22.9 Å². The maximum Gasteiger partial charge on any atom is 0.269 e. The molecule has 0 aromatic heterocycles. The van der Waals surface area contributed by atoms with Crippen LogP contribution in [0.1, 0.15) is 11.1 Å². The molecule has 20 heavy (non-hydrogen) atoms. The molecule has 0 amide bonds. The molecule has 0 saturated carbocycles.